The Morgan fingerprint density at radius 3 is 2.61 bits per heavy atom. The molecule has 156 valence electrons. The second-order valence-electron chi connectivity index (χ2n) is 9.68. The zero-order valence-corrected chi connectivity index (χ0v) is 18.6. The van der Waals surface area contributed by atoms with E-state index in [-0.39, 0.29) is 11.5 Å². The van der Waals surface area contributed by atoms with Gasteiger partial charge in [-0.2, -0.15) is 0 Å². The van der Waals surface area contributed by atoms with Crippen LogP contribution in [0, 0.1) is 40.2 Å². The molecule has 1 aromatic carbocycles. The monoisotopic (exact) mass is 456 g/mol. The molecule has 0 aromatic heterocycles. The Kier molecular flexibility index (Phi) is 5.65. The van der Waals surface area contributed by atoms with Crippen molar-refractivity contribution >= 4 is 15.9 Å². The van der Waals surface area contributed by atoms with Gasteiger partial charge in [0.2, 0.25) is 0 Å². The van der Waals surface area contributed by atoms with Crippen LogP contribution in [0.15, 0.2) is 18.2 Å². The maximum absolute atomic E-state index is 13.7. The van der Waals surface area contributed by atoms with Gasteiger partial charge in [-0.05, 0) is 61.0 Å². The Morgan fingerprint density at radius 2 is 1.89 bits per heavy atom. The largest absolute Gasteiger partial charge is 0.348 e. The quantitative estimate of drug-likeness (QED) is 0.474. The molecule has 2 unspecified atom stereocenters. The normalized spacial score (nSPS) is 43.3. The molecule has 0 spiro atoms. The van der Waals surface area contributed by atoms with Crippen molar-refractivity contribution in [2.75, 3.05) is 11.9 Å². The number of hydrogen-bond acceptors (Lipinski definition) is 2. The summed E-state index contributed by atoms with van der Waals surface area (Å²) in [5.74, 6) is 0.330. The Balaban J connectivity index is 1.57. The molecule has 0 N–H and O–H groups in total. The lowest BCUT2D eigenvalue weighted by atomic mass is 9.45. The molecule has 1 saturated heterocycles. The topological polar surface area (TPSA) is 18.5 Å². The Morgan fingerprint density at radius 1 is 1.11 bits per heavy atom. The molecule has 28 heavy (non-hydrogen) atoms. The van der Waals surface area contributed by atoms with Gasteiger partial charge in [0.1, 0.15) is 0 Å². The van der Waals surface area contributed by atoms with Crippen molar-refractivity contribution in [2.24, 2.45) is 28.6 Å². The number of benzene rings is 1. The second-order valence-corrected chi connectivity index (χ2v) is 10.5. The fraction of sp³-hybridized carbons (Fsp3) is 0.739. The van der Waals surface area contributed by atoms with E-state index in [0.717, 1.165) is 30.2 Å². The van der Waals surface area contributed by atoms with Crippen molar-refractivity contribution in [3.63, 3.8) is 0 Å². The van der Waals surface area contributed by atoms with E-state index in [1.807, 2.05) is 0 Å². The van der Waals surface area contributed by atoms with Gasteiger partial charge in [0.25, 0.3) is 0 Å². The first kappa shape index (κ1) is 20.7. The molecule has 2 saturated carbocycles. The molecular formula is C23H31BrF2O2. The van der Waals surface area contributed by atoms with Crippen LogP contribution in [0.5, 0.6) is 0 Å². The minimum atomic E-state index is -0.854. The minimum Gasteiger partial charge on any atom is -0.348 e. The zero-order chi connectivity index (χ0) is 20.1. The van der Waals surface area contributed by atoms with E-state index < -0.39 is 17.9 Å². The van der Waals surface area contributed by atoms with Crippen molar-refractivity contribution in [3.8, 4) is 0 Å². The highest BCUT2D eigenvalue weighted by Crippen LogP contribution is 2.64. The van der Waals surface area contributed by atoms with Gasteiger partial charge < -0.3 is 9.47 Å². The third kappa shape index (κ3) is 3.26. The van der Waals surface area contributed by atoms with Crippen LogP contribution >= 0.6 is 15.9 Å². The van der Waals surface area contributed by atoms with Gasteiger partial charge in [-0.3, -0.25) is 0 Å². The molecule has 7 atom stereocenters. The number of ether oxygens (including phenoxy) is 2. The number of halogens is 3. The Bertz CT molecular complexity index is 729. The summed E-state index contributed by atoms with van der Waals surface area (Å²) in [6.07, 6.45) is 5.32. The van der Waals surface area contributed by atoms with Crippen LogP contribution in [0.1, 0.15) is 64.7 Å². The van der Waals surface area contributed by atoms with Crippen LogP contribution in [-0.4, -0.2) is 18.0 Å². The predicted molar refractivity (Wildman–Crippen MR) is 109 cm³/mol. The fourth-order valence-corrected chi connectivity index (χ4v) is 7.23. The van der Waals surface area contributed by atoms with Crippen molar-refractivity contribution in [2.45, 2.75) is 65.3 Å². The molecular weight excluding hydrogens is 426 g/mol. The highest BCUT2D eigenvalue weighted by molar-refractivity contribution is 9.09. The molecule has 0 radical (unpaired) electrons. The van der Waals surface area contributed by atoms with Crippen LogP contribution in [-0.2, 0) is 9.47 Å². The van der Waals surface area contributed by atoms with E-state index in [1.165, 1.54) is 25.3 Å². The van der Waals surface area contributed by atoms with Gasteiger partial charge in [0, 0.05) is 16.3 Å². The number of alkyl halides is 1. The fourth-order valence-electron chi connectivity index (χ4n) is 6.73. The summed E-state index contributed by atoms with van der Waals surface area (Å²) in [7, 11) is 0. The van der Waals surface area contributed by atoms with Gasteiger partial charge in [-0.15, -0.1) is 0 Å². The average Bonchev–Trinajstić information content (AvgIpc) is 2.66. The number of fused-ring (bicyclic) bond motifs is 3. The van der Waals surface area contributed by atoms with Gasteiger partial charge >= 0.3 is 0 Å². The second kappa shape index (κ2) is 7.63. The molecule has 0 amide bonds. The molecule has 1 aromatic rings. The summed E-state index contributed by atoms with van der Waals surface area (Å²) in [4.78, 5) is 0. The summed E-state index contributed by atoms with van der Waals surface area (Å²) in [5.41, 5.74) is 0.828. The lowest BCUT2D eigenvalue weighted by Gasteiger charge is -2.63. The van der Waals surface area contributed by atoms with Gasteiger partial charge in [0.15, 0.2) is 17.9 Å². The molecule has 2 nitrogen and oxygen atoms in total. The molecule has 0 bridgehead atoms. The lowest BCUT2D eigenvalue weighted by Crippen LogP contribution is -2.61. The van der Waals surface area contributed by atoms with Gasteiger partial charge in [0.05, 0.1) is 12.7 Å². The molecule has 1 heterocycles. The van der Waals surface area contributed by atoms with Crippen molar-refractivity contribution in [1.82, 2.24) is 0 Å². The highest BCUT2D eigenvalue weighted by atomic mass is 79.9. The van der Waals surface area contributed by atoms with Crippen LogP contribution < -0.4 is 0 Å². The molecule has 3 fully saturated rings. The standard InChI is InChI=1S/C23H31BrF2O2/c1-14-4-7-19-22(2,16(14)9-11-24)10-8-20-23(19,3)13-27-21(28-20)15-5-6-17(25)18(26)12-15/h5-6,12,14,16,19-21H,4,7-11,13H2,1-3H3/t14?,16-,19?,20-,21-,22+,23+/m1/s1. The van der Waals surface area contributed by atoms with Crippen LogP contribution in [0.3, 0.4) is 0 Å². The lowest BCUT2D eigenvalue weighted by molar-refractivity contribution is -0.311. The Labute approximate surface area is 175 Å². The molecule has 4 rings (SSSR count). The highest BCUT2D eigenvalue weighted by Gasteiger charge is 2.60. The van der Waals surface area contributed by atoms with E-state index in [9.17, 15) is 8.78 Å². The summed E-state index contributed by atoms with van der Waals surface area (Å²) in [6.45, 7) is 7.83. The third-order valence-corrected chi connectivity index (χ3v) is 8.64. The molecule has 3 aliphatic rings. The summed E-state index contributed by atoms with van der Waals surface area (Å²) in [5, 5.41) is 1.05. The van der Waals surface area contributed by atoms with Gasteiger partial charge in [-0.1, -0.05) is 49.2 Å². The Hall–Kier alpha value is -0.520. The predicted octanol–water partition coefficient (Wildman–Crippen LogP) is 6.63. The van der Waals surface area contributed by atoms with Crippen molar-refractivity contribution in [3.05, 3.63) is 35.4 Å². The van der Waals surface area contributed by atoms with Crippen LogP contribution in [0.25, 0.3) is 0 Å². The zero-order valence-electron chi connectivity index (χ0n) is 17.0. The SMILES string of the molecule is CC1CCC2[C@]3(C)CO[C@@H](c4ccc(F)c(F)c4)O[C@@H]3CC[C@@]2(C)[C@@H]1CCBr. The molecule has 2 aliphatic carbocycles. The van der Waals surface area contributed by atoms with Gasteiger partial charge in [-0.25, -0.2) is 8.78 Å². The van der Waals surface area contributed by atoms with E-state index in [4.69, 9.17) is 9.47 Å². The molecule has 5 heteroatoms. The van der Waals surface area contributed by atoms with E-state index in [1.54, 1.807) is 6.07 Å². The first-order valence-corrected chi connectivity index (χ1v) is 11.7. The number of rotatable bonds is 3. The first-order valence-electron chi connectivity index (χ1n) is 10.6. The van der Waals surface area contributed by atoms with Crippen molar-refractivity contribution < 1.29 is 18.3 Å². The summed E-state index contributed by atoms with van der Waals surface area (Å²) < 4.78 is 39.5. The first-order chi connectivity index (χ1) is 13.3. The maximum atomic E-state index is 13.7. The average molecular weight is 457 g/mol. The van der Waals surface area contributed by atoms with Crippen molar-refractivity contribution in [1.29, 1.82) is 0 Å². The van der Waals surface area contributed by atoms with Crippen LogP contribution in [0.4, 0.5) is 8.78 Å². The summed E-state index contributed by atoms with van der Waals surface area (Å²) >= 11 is 3.67. The smallest absolute Gasteiger partial charge is 0.184 e. The maximum Gasteiger partial charge on any atom is 0.184 e. The van der Waals surface area contributed by atoms with E-state index in [0.29, 0.717) is 29.4 Å². The molecule has 1 aliphatic heterocycles. The van der Waals surface area contributed by atoms with E-state index >= 15 is 0 Å². The minimum absolute atomic E-state index is 0.0349. The summed E-state index contributed by atoms with van der Waals surface area (Å²) in [6, 6.07) is 3.91. The third-order valence-electron chi connectivity index (χ3n) is 8.19. The van der Waals surface area contributed by atoms with Crippen LogP contribution in [0.2, 0.25) is 0 Å². The van der Waals surface area contributed by atoms with E-state index in [2.05, 4.69) is 36.7 Å². The number of hydrogen-bond donors (Lipinski definition) is 0.